The minimum absolute atomic E-state index is 0.0729. The minimum atomic E-state index is -1.01. The van der Waals surface area contributed by atoms with E-state index < -0.39 is 12.1 Å². The van der Waals surface area contributed by atoms with Gasteiger partial charge in [-0.15, -0.1) is 0 Å². The van der Waals surface area contributed by atoms with Crippen LogP contribution in [-0.4, -0.2) is 30.9 Å². The van der Waals surface area contributed by atoms with E-state index >= 15 is 0 Å². The lowest BCUT2D eigenvalue weighted by Crippen LogP contribution is -2.31. The van der Waals surface area contributed by atoms with Gasteiger partial charge in [-0.3, -0.25) is 4.79 Å². The number of hydrogen-bond acceptors (Lipinski definition) is 4. The summed E-state index contributed by atoms with van der Waals surface area (Å²) in [6.45, 7) is 0. The third-order valence-corrected chi connectivity index (χ3v) is 3.62. The summed E-state index contributed by atoms with van der Waals surface area (Å²) in [7, 11) is 3.24. The van der Waals surface area contributed by atoms with Gasteiger partial charge in [-0.05, 0) is 12.1 Å². The van der Waals surface area contributed by atoms with E-state index in [2.05, 4.69) is 0 Å². The van der Waals surface area contributed by atoms with Crippen molar-refractivity contribution in [1.29, 1.82) is 0 Å². The van der Waals surface area contributed by atoms with Crippen LogP contribution >= 0.6 is 0 Å². The van der Waals surface area contributed by atoms with E-state index in [0.29, 0.717) is 11.1 Å². The monoisotopic (exact) mass is 323 g/mol. The average Bonchev–Trinajstić information content (AvgIpc) is 3.04. The second kappa shape index (κ2) is 6.58. The van der Waals surface area contributed by atoms with Gasteiger partial charge in [0.15, 0.2) is 0 Å². The molecule has 2 aromatic carbocycles. The molecule has 1 aromatic heterocycles. The number of likely N-dealkylation sites (N-methyl/N-ethyl adjacent to an activating group) is 1. The molecule has 122 valence electrons. The Kier molecular flexibility index (Phi) is 4.33. The van der Waals surface area contributed by atoms with E-state index in [-0.39, 0.29) is 11.7 Å². The van der Waals surface area contributed by atoms with Gasteiger partial charge in [0.2, 0.25) is 11.9 Å². The van der Waals surface area contributed by atoms with Crippen LogP contribution in [-0.2, 0) is 9.53 Å². The number of ether oxygens (including phenoxy) is 1. The smallest absolute Gasteiger partial charge is 0.375 e. The van der Waals surface area contributed by atoms with E-state index in [0.717, 1.165) is 5.39 Å². The normalized spacial score (nSPS) is 11.9. The Labute approximate surface area is 139 Å². The largest absolute Gasteiger partial charge is 0.449 e. The molecule has 0 spiro atoms. The summed E-state index contributed by atoms with van der Waals surface area (Å²) < 4.78 is 11.0. The Bertz CT molecular complexity index is 834. The molecule has 3 rings (SSSR count). The third-order valence-electron chi connectivity index (χ3n) is 3.62. The topological polar surface area (TPSA) is 59.8 Å². The Hall–Kier alpha value is -3.08. The summed E-state index contributed by atoms with van der Waals surface area (Å²) >= 11 is 0. The van der Waals surface area contributed by atoms with Crippen LogP contribution in [0.3, 0.4) is 0 Å². The number of carbonyl (C=O) groups excluding carboxylic acids is 2. The van der Waals surface area contributed by atoms with E-state index in [9.17, 15) is 9.59 Å². The Morgan fingerprint density at radius 1 is 1.00 bits per heavy atom. The van der Waals surface area contributed by atoms with Gasteiger partial charge in [-0.1, -0.05) is 48.5 Å². The third kappa shape index (κ3) is 3.15. The molecule has 1 amide bonds. The number of fused-ring (bicyclic) bond motifs is 1. The summed E-state index contributed by atoms with van der Waals surface area (Å²) in [6, 6.07) is 17.8. The molecule has 0 aliphatic rings. The maximum atomic E-state index is 12.4. The SMILES string of the molecule is CN(C)C(=O)[C@H](OC(=O)c1cc2ccccc2o1)c1ccccc1. The number of amides is 1. The molecule has 1 heterocycles. The standard InChI is InChI=1S/C19H17NO4/c1-20(2)18(21)17(13-8-4-3-5-9-13)24-19(22)16-12-14-10-6-7-11-15(14)23-16/h3-12,17H,1-2H3/t17-/m1/s1. The molecule has 0 saturated heterocycles. The van der Waals surface area contributed by atoms with Gasteiger partial charge in [-0.25, -0.2) is 4.79 Å². The lowest BCUT2D eigenvalue weighted by Gasteiger charge is -2.20. The fourth-order valence-electron chi connectivity index (χ4n) is 2.37. The van der Waals surface area contributed by atoms with Gasteiger partial charge in [0, 0.05) is 25.0 Å². The molecule has 0 unspecified atom stereocenters. The number of nitrogens with zero attached hydrogens (tertiary/aromatic N) is 1. The molecular formula is C19H17NO4. The first kappa shape index (κ1) is 15.8. The molecular weight excluding hydrogens is 306 g/mol. The highest BCUT2D eigenvalue weighted by atomic mass is 16.6. The highest BCUT2D eigenvalue weighted by Gasteiger charge is 2.28. The fourth-order valence-corrected chi connectivity index (χ4v) is 2.37. The first-order chi connectivity index (χ1) is 11.6. The molecule has 0 aliphatic carbocycles. The van der Waals surface area contributed by atoms with Gasteiger partial charge in [0.1, 0.15) is 5.58 Å². The van der Waals surface area contributed by atoms with Crippen molar-refractivity contribution >= 4 is 22.8 Å². The molecule has 1 atom stereocenters. The average molecular weight is 323 g/mol. The number of benzene rings is 2. The van der Waals surface area contributed by atoms with E-state index in [1.54, 1.807) is 50.5 Å². The van der Waals surface area contributed by atoms with E-state index in [4.69, 9.17) is 9.15 Å². The van der Waals surface area contributed by atoms with Gasteiger partial charge in [0.25, 0.3) is 5.91 Å². The molecule has 0 aliphatic heterocycles. The van der Waals surface area contributed by atoms with Crippen molar-refractivity contribution in [2.24, 2.45) is 0 Å². The van der Waals surface area contributed by atoms with Crippen LogP contribution in [0.4, 0.5) is 0 Å². The van der Waals surface area contributed by atoms with Crippen molar-refractivity contribution in [1.82, 2.24) is 4.90 Å². The van der Waals surface area contributed by atoms with Crippen LogP contribution in [0.15, 0.2) is 65.1 Å². The van der Waals surface area contributed by atoms with E-state index in [1.807, 2.05) is 24.3 Å². The summed E-state index contributed by atoms with van der Waals surface area (Å²) in [6.07, 6.45) is -1.01. The predicted molar refractivity (Wildman–Crippen MR) is 89.5 cm³/mol. The molecule has 5 heteroatoms. The number of para-hydroxylation sites is 1. The zero-order valence-corrected chi connectivity index (χ0v) is 13.4. The van der Waals surface area contributed by atoms with Crippen molar-refractivity contribution in [3.05, 3.63) is 72.0 Å². The molecule has 0 bridgehead atoms. The minimum Gasteiger partial charge on any atom is -0.449 e. The molecule has 0 N–H and O–H groups in total. The zero-order chi connectivity index (χ0) is 17.1. The number of hydrogen-bond donors (Lipinski definition) is 0. The summed E-state index contributed by atoms with van der Waals surface area (Å²) in [4.78, 5) is 26.2. The zero-order valence-electron chi connectivity index (χ0n) is 13.4. The van der Waals surface area contributed by atoms with Crippen LogP contribution < -0.4 is 0 Å². The maximum Gasteiger partial charge on any atom is 0.375 e. The van der Waals surface area contributed by atoms with Crippen molar-refractivity contribution in [2.45, 2.75) is 6.10 Å². The van der Waals surface area contributed by atoms with Gasteiger partial charge in [-0.2, -0.15) is 0 Å². The second-order valence-corrected chi connectivity index (χ2v) is 5.58. The maximum absolute atomic E-state index is 12.4. The van der Waals surface area contributed by atoms with Crippen LogP contribution in [0.2, 0.25) is 0 Å². The lowest BCUT2D eigenvalue weighted by molar-refractivity contribution is -0.138. The van der Waals surface area contributed by atoms with Crippen molar-refractivity contribution in [3.63, 3.8) is 0 Å². The highest BCUT2D eigenvalue weighted by Crippen LogP contribution is 2.24. The van der Waals surface area contributed by atoms with Crippen LogP contribution in [0.1, 0.15) is 22.2 Å². The number of esters is 1. The predicted octanol–water partition coefficient (Wildman–Crippen LogP) is 3.42. The van der Waals surface area contributed by atoms with E-state index in [1.165, 1.54) is 4.90 Å². The summed E-state index contributed by atoms with van der Waals surface area (Å²) in [5, 5.41) is 0.805. The quantitative estimate of drug-likeness (QED) is 0.690. The number of furan rings is 1. The molecule has 5 nitrogen and oxygen atoms in total. The second-order valence-electron chi connectivity index (χ2n) is 5.58. The Balaban J connectivity index is 1.89. The summed E-state index contributed by atoms with van der Waals surface area (Å²) in [5.74, 6) is -0.912. The van der Waals surface area contributed by atoms with Crippen molar-refractivity contribution in [3.8, 4) is 0 Å². The molecule has 3 aromatic rings. The molecule has 0 fully saturated rings. The lowest BCUT2D eigenvalue weighted by atomic mass is 10.1. The Morgan fingerprint density at radius 2 is 1.67 bits per heavy atom. The van der Waals surface area contributed by atoms with Crippen molar-refractivity contribution in [2.75, 3.05) is 14.1 Å². The Morgan fingerprint density at radius 3 is 2.33 bits per heavy atom. The van der Waals surface area contributed by atoms with Gasteiger partial charge >= 0.3 is 5.97 Å². The first-order valence-electron chi connectivity index (χ1n) is 7.52. The number of rotatable bonds is 4. The summed E-state index contributed by atoms with van der Waals surface area (Å²) in [5.41, 5.74) is 1.21. The molecule has 24 heavy (non-hydrogen) atoms. The van der Waals surface area contributed by atoms with Crippen LogP contribution in [0.25, 0.3) is 11.0 Å². The molecule has 0 saturated carbocycles. The highest BCUT2D eigenvalue weighted by molar-refractivity contribution is 5.94. The van der Waals surface area contributed by atoms with Gasteiger partial charge < -0.3 is 14.1 Å². The van der Waals surface area contributed by atoms with Gasteiger partial charge in [0.05, 0.1) is 0 Å². The van der Waals surface area contributed by atoms with Crippen LogP contribution in [0, 0.1) is 0 Å². The molecule has 0 radical (unpaired) electrons. The number of carbonyl (C=O) groups is 2. The first-order valence-corrected chi connectivity index (χ1v) is 7.52. The van der Waals surface area contributed by atoms with Crippen molar-refractivity contribution < 1.29 is 18.7 Å². The van der Waals surface area contributed by atoms with Crippen LogP contribution in [0.5, 0.6) is 0 Å². The fraction of sp³-hybridized carbons (Fsp3) is 0.158.